The van der Waals surface area contributed by atoms with E-state index in [2.05, 4.69) is 20.4 Å². The van der Waals surface area contributed by atoms with Crippen molar-refractivity contribution in [3.8, 4) is 5.75 Å². The predicted molar refractivity (Wildman–Crippen MR) is 122 cm³/mol. The fourth-order valence-electron chi connectivity index (χ4n) is 3.89. The first-order chi connectivity index (χ1) is 14.8. The van der Waals surface area contributed by atoms with Gasteiger partial charge >= 0.3 is 0 Å². The van der Waals surface area contributed by atoms with Crippen LogP contribution in [0, 0.1) is 6.92 Å². The van der Waals surface area contributed by atoms with Crippen LogP contribution in [0.4, 0.5) is 0 Å². The number of Topliss-reactive ketones (excluding diaryl/α,β-unsaturated/α-hetero) is 1. The first-order valence-corrected chi connectivity index (χ1v) is 10.5. The van der Waals surface area contributed by atoms with Crippen molar-refractivity contribution < 1.29 is 19.4 Å². The van der Waals surface area contributed by atoms with E-state index >= 15 is 0 Å². The molecule has 5 heteroatoms. The van der Waals surface area contributed by atoms with Gasteiger partial charge in [0.15, 0.2) is 0 Å². The number of aryl methyl sites for hydroxylation is 1. The number of ether oxygens (including phenoxy) is 1. The van der Waals surface area contributed by atoms with Crippen molar-refractivity contribution in [2.45, 2.75) is 39.7 Å². The maximum Gasteiger partial charge on any atom is 0.295 e. The maximum absolute atomic E-state index is 13.0. The number of likely N-dealkylation sites (tertiary alicyclic amines) is 1. The number of amides is 1. The minimum absolute atomic E-state index is 0.0905. The third-order valence-electron chi connectivity index (χ3n) is 5.53. The molecule has 3 rings (SSSR count). The third kappa shape index (κ3) is 4.26. The summed E-state index contributed by atoms with van der Waals surface area (Å²) in [6.45, 7) is 12.4. The van der Waals surface area contributed by atoms with Gasteiger partial charge in [0.1, 0.15) is 11.5 Å². The lowest BCUT2D eigenvalue weighted by atomic mass is 9.93. The molecule has 1 aliphatic heterocycles. The summed E-state index contributed by atoms with van der Waals surface area (Å²) in [7, 11) is 0. The molecule has 0 aliphatic carbocycles. The number of carbonyl (C=O) groups is 2. The zero-order chi connectivity index (χ0) is 22.7. The Bertz CT molecular complexity index is 1030. The van der Waals surface area contributed by atoms with Gasteiger partial charge in [-0.05, 0) is 54.7 Å². The van der Waals surface area contributed by atoms with E-state index in [1.165, 1.54) is 4.90 Å². The summed E-state index contributed by atoms with van der Waals surface area (Å²) in [5, 5.41) is 11.1. The Morgan fingerprint density at radius 1 is 1.19 bits per heavy atom. The van der Waals surface area contributed by atoms with E-state index in [9.17, 15) is 14.7 Å². The Hall–Kier alpha value is -3.34. The van der Waals surface area contributed by atoms with Gasteiger partial charge in [0.05, 0.1) is 18.2 Å². The Kier molecular flexibility index (Phi) is 6.64. The minimum Gasteiger partial charge on any atom is -0.507 e. The highest BCUT2D eigenvalue weighted by atomic mass is 16.5. The Morgan fingerprint density at radius 3 is 2.42 bits per heavy atom. The first kappa shape index (κ1) is 22.3. The molecule has 31 heavy (non-hydrogen) atoms. The van der Waals surface area contributed by atoms with E-state index in [4.69, 9.17) is 4.74 Å². The molecule has 1 N–H and O–H groups in total. The van der Waals surface area contributed by atoms with Crippen LogP contribution in [-0.4, -0.2) is 34.8 Å². The smallest absolute Gasteiger partial charge is 0.295 e. The molecule has 1 heterocycles. The highest BCUT2D eigenvalue weighted by Gasteiger charge is 2.45. The van der Waals surface area contributed by atoms with E-state index in [-0.39, 0.29) is 17.9 Å². The van der Waals surface area contributed by atoms with Crippen molar-refractivity contribution in [1.29, 1.82) is 0 Å². The van der Waals surface area contributed by atoms with Crippen LogP contribution in [0.15, 0.2) is 60.7 Å². The summed E-state index contributed by atoms with van der Waals surface area (Å²) in [5.74, 6) is -0.438. The second-order valence-electron chi connectivity index (χ2n) is 7.97. The van der Waals surface area contributed by atoms with Crippen LogP contribution >= 0.6 is 0 Å². The van der Waals surface area contributed by atoms with Crippen molar-refractivity contribution in [3.63, 3.8) is 0 Å². The molecule has 162 valence electrons. The van der Waals surface area contributed by atoms with Crippen LogP contribution in [0.25, 0.3) is 5.76 Å². The summed E-state index contributed by atoms with van der Waals surface area (Å²) in [6.07, 6.45) is 1.59. The summed E-state index contributed by atoms with van der Waals surface area (Å²) in [6, 6.07) is 12.4. The van der Waals surface area contributed by atoms with Gasteiger partial charge in [-0.15, -0.1) is 6.58 Å². The molecular formula is C26H29NO4. The molecule has 1 aliphatic rings. The molecule has 5 nitrogen and oxygen atoms in total. The van der Waals surface area contributed by atoms with E-state index < -0.39 is 17.7 Å². The largest absolute Gasteiger partial charge is 0.507 e. The first-order valence-electron chi connectivity index (χ1n) is 10.5. The van der Waals surface area contributed by atoms with Crippen molar-refractivity contribution in [2.75, 3.05) is 13.2 Å². The van der Waals surface area contributed by atoms with Crippen LogP contribution in [0.1, 0.15) is 55.0 Å². The van der Waals surface area contributed by atoms with Gasteiger partial charge in [-0.25, -0.2) is 0 Å². The standard InChI is InChI=1S/C26H29NO4/c1-6-14-27-23(19-10-8-18(9-11-19)16(3)4)22(25(29)26(27)30)24(28)20-12-13-21(31-7-2)17(5)15-20/h6,8-13,15-16,23,28H,1,7,14H2,2-5H3/t23-/m0/s1. The fourth-order valence-corrected chi connectivity index (χ4v) is 3.89. The number of hydrogen-bond donors (Lipinski definition) is 1. The third-order valence-corrected chi connectivity index (χ3v) is 5.53. The number of aliphatic hydroxyl groups excluding tert-OH is 1. The highest BCUT2D eigenvalue weighted by molar-refractivity contribution is 6.46. The number of hydrogen-bond acceptors (Lipinski definition) is 4. The van der Waals surface area contributed by atoms with Gasteiger partial charge in [-0.3, -0.25) is 9.59 Å². The number of ketones is 1. The van der Waals surface area contributed by atoms with Gasteiger partial charge in [-0.2, -0.15) is 0 Å². The summed E-state index contributed by atoms with van der Waals surface area (Å²) >= 11 is 0. The minimum atomic E-state index is -0.691. The highest BCUT2D eigenvalue weighted by Crippen LogP contribution is 2.40. The van der Waals surface area contributed by atoms with Crippen LogP contribution in [0.3, 0.4) is 0 Å². The lowest BCUT2D eigenvalue weighted by Crippen LogP contribution is -2.29. The van der Waals surface area contributed by atoms with Gasteiger partial charge in [0, 0.05) is 12.1 Å². The molecule has 1 saturated heterocycles. The van der Waals surface area contributed by atoms with E-state index in [1.54, 1.807) is 24.3 Å². The molecule has 0 radical (unpaired) electrons. The summed E-state index contributed by atoms with van der Waals surface area (Å²) < 4.78 is 5.57. The van der Waals surface area contributed by atoms with Crippen molar-refractivity contribution in [3.05, 3.63) is 82.9 Å². The number of rotatable bonds is 7. The van der Waals surface area contributed by atoms with Gasteiger partial charge in [0.25, 0.3) is 11.7 Å². The lowest BCUT2D eigenvalue weighted by Gasteiger charge is -2.24. The molecule has 2 aromatic rings. The molecule has 1 atom stereocenters. The Labute approximate surface area is 183 Å². The quantitative estimate of drug-likeness (QED) is 0.293. The number of nitrogens with zero attached hydrogens (tertiary/aromatic N) is 1. The van der Waals surface area contributed by atoms with E-state index in [1.807, 2.05) is 38.1 Å². The average molecular weight is 420 g/mol. The topological polar surface area (TPSA) is 66.8 Å². The fraction of sp³-hybridized carbons (Fsp3) is 0.308. The molecule has 2 aromatic carbocycles. The Morgan fingerprint density at radius 2 is 1.87 bits per heavy atom. The van der Waals surface area contributed by atoms with Gasteiger partial charge < -0.3 is 14.7 Å². The molecule has 0 spiro atoms. The molecular weight excluding hydrogens is 390 g/mol. The predicted octanol–water partition coefficient (Wildman–Crippen LogP) is 5.12. The van der Waals surface area contributed by atoms with Crippen LogP contribution < -0.4 is 4.74 Å². The summed E-state index contributed by atoms with van der Waals surface area (Å²) in [5.41, 5.74) is 3.33. The molecule has 0 unspecified atom stereocenters. The summed E-state index contributed by atoms with van der Waals surface area (Å²) in [4.78, 5) is 27.2. The second kappa shape index (κ2) is 9.21. The van der Waals surface area contributed by atoms with Crippen molar-refractivity contribution >= 4 is 17.4 Å². The second-order valence-corrected chi connectivity index (χ2v) is 7.97. The average Bonchev–Trinajstić information content (AvgIpc) is 3.00. The normalized spacial score (nSPS) is 18.0. The van der Waals surface area contributed by atoms with Crippen LogP contribution in [0.2, 0.25) is 0 Å². The lowest BCUT2D eigenvalue weighted by molar-refractivity contribution is -0.139. The van der Waals surface area contributed by atoms with Crippen molar-refractivity contribution in [1.82, 2.24) is 4.90 Å². The maximum atomic E-state index is 13.0. The molecule has 1 amide bonds. The monoisotopic (exact) mass is 419 g/mol. The SMILES string of the molecule is C=CCN1C(=O)C(=O)C(=C(O)c2ccc(OCC)c(C)c2)[C@@H]1c1ccc(C(C)C)cc1. The Balaban J connectivity index is 2.14. The van der Waals surface area contributed by atoms with E-state index in [0.29, 0.717) is 23.8 Å². The number of carbonyl (C=O) groups excluding carboxylic acids is 2. The van der Waals surface area contributed by atoms with E-state index in [0.717, 1.165) is 16.7 Å². The molecule has 0 saturated carbocycles. The van der Waals surface area contributed by atoms with Gasteiger partial charge in [-0.1, -0.05) is 44.2 Å². The molecule has 0 bridgehead atoms. The van der Waals surface area contributed by atoms with Crippen LogP contribution in [0.5, 0.6) is 5.75 Å². The van der Waals surface area contributed by atoms with Gasteiger partial charge in [0.2, 0.25) is 0 Å². The zero-order valence-corrected chi connectivity index (χ0v) is 18.5. The van der Waals surface area contributed by atoms with Crippen molar-refractivity contribution in [2.24, 2.45) is 0 Å². The molecule has 0 aromatic heterocycles. The van der Waals surface area contributed by atoms with Crippen LogP contribution in [-0.2, 0) is 9.59 Å². The number of aliphatic hydroxyl groups is 1. The zero-order valence-electron chi connectivity index (χ0n) is 18.5. The number of benzene rings is 2. The molecule has 1 fully saturated rings.